The zero-order chi connectivity index (χ0) is 21.4. The third kappa shape index (κ3) is 3.78. The van der Waals surface area contributed by atoms with Crippen LogP contribution in [0.15, 0.2) is 36.5 Å². The van der Waals surface area contributed by atoms with Crippen molar-refractivity contribution in [2.24, 2.45) is 7.05 Å². The minimum Gasteiger partial charge on any atom is -0.372 e. The predicted octanol–water partition coefficient (Wildman–Crippen LogP) is 2.78. The maximum absolute atomic E-state index is 13.1. The molecule has 3 heterocycles. The van der Waals surface area contributed by atoms with Crippen molar-refractivity contribution < 1.29 is 14.3 Å². The summed E-state index contributed by atoms with van der Waals surface area (Å²) < 4.78 is 7.41. The number of rotatable bonds is 3. The Hall–Kier alpha value is -3.26. The van der Waals surface area contributed by atoms with Crippen molar-refractivity contribution in [1.29, 1.82) is 0 Å². The van der Waals surface area contributed by atoms with Crippen LogP contribution in [-0.4, -0.2) is 56.8 Å². The molecule has 1 aromatic carbocycles. The molecule has 0 saturated carbocycles. The van der Waals surface area contributed by atoms with E-state index in [4.69, 9.17) is 4.74 Å². The third-order valence-corrected chi connectivity index (χ3v) is 5.24. The van der Waals surface area contributed by atoms with Crippen LogP contribution in [0, 0.1) is 6.92 Å². The van der Waals surface area contributed by atoms with Gasteiger partial charge in [-0.3, -0.25) is 14.3 Å². The fourth-order valence-electron chi connectivity index (χ4n) is 3.92. The Balaban J connectivity index is 1.59. The van der Waals surface area contributed by atoms with Crippen LogP contribution in [0.3, 0.4) is 0 Å². The second-order valence-corrected chi connectivity index (χ2v) is 7.77. The van der Waals surface area contributed by atoms with Crippen LogP contribution in [0.1, 0.15) is 40.3 Å². The Morgan fingerprint density at radius 3 is 2.60 bits per heavy atom. The number of morpholine rings is 1. The number of fused-ring (bicyclic) bond motifs is 1. The zero-order valence-corrected chi connectivity index (χ0v) is 17.5. The van der Waals surface area contributed by atoms with E-state index >= 15 is 0 Å². The van der Waals surface area contributed by atoms with E-state index in [0.717, 1.165) is 16.7 Å². The summed E-state index contributed by atoms with van der Waals surface area (Å²) in [6.07, 6.45) is 1.47. The monoisotopic (exact) mass is 407 g/mol. The highest BCUT2D eigenvalue weighted by atomic mass is 16.5. The minimum absolute atomic E-state index is 0.0278. The number of para-hydroxylation sites is 1. The quantitative estimate of drug-likeness (QED) is 0.721. The molecule has 1 saturated heterocycles. The van der Waals surface area contributed by atoms with Crippen LogP contribution < -0.4 is 5.32 Å². The summed E-state index contributed by atoms with van der Waals surface area (Å²) in [5.74, 6) is -0.443. The molecule has 8 nitrogen and oxygen atoms in total. The molecule has 8 heteroatoms. The molecule has 2 amide bonds. The maximum atomic E-state index is 13.1. The predicted molar refractivity (Wildman–Crippen MR) is 114 cm³/mol. The normalized spacial score (nSPS) is 19.1. The van der Waals surface area contributed by atoms with Gasteiger partial charge in [0.25, 0.3) is 11.8 Å². The van der Waals surface area contributed by atoms with Gasteiger partial charge in [-0.1, -0.05) is 12.1 Å². The Morgan fingerprint density at radius 2 is 1.87 bits per heavy atom. The fourth-order valence-corrected chi connectivity index (χ4v) is 3.92. The van der Waals surface area contributed by atoms with Crippen LogP contribution in [0.5, 0.6) is 0 Å². The van der Waals surface area contributed by atoms with Gasteiger partial charge in [-0.2, -0.15) is 5.10 Å². The van der Waals surface area contributed by atoms with Gasteiger partial charge in [0.1, 0.15) is 0 Å². The maximum Gasteiger partial charge on any atom is 0.257 e. The van der Waals surface area contributed by atoms with Crippen molar-refractivity contribution in [2.45, 2.75) is 33.0 Å². The minimum atomic E-state index is -0.323. The molecule has 2 atom stereocenters. The summed E-state index contributed by atoms with van der Waals surface area (Å²) >= 11 is 0. The van der Waals surface area contributed by atoms with Gasteiger partial charge in [0.15, 0.2) is 5.65 Å². The highest BCUT2D eigenvalue weighted by molar-refractivity contribution is 6.09. The number of pyridine rings is 1. The van der Waals surface area contributed by atoms with Gasteiger partial charge in [-0.05, 0) is 39.0 Å². The number of benzene rings is 1. The highest BCUT2D eigenvalue weighted by Crippen LogP contribution is 2.22. The van der Waals surface area contributed by atoms with Crippen LogP contribution in [0.4, 0.5) is 5.69 Å². The molecule has 30 heavy (non-hydrogen) atoms. The van der Waals surface area contributed by atoms with E-state index in [1.165, 1.54) is 6.20 Å². The Kier molecular flexibility index (Phi) is 5.26. The second kappa shape index (κ2) is 7.87. The molecule has 0 spiro atoms. The molecule has 1 N–H and O–H groups in total. The summed E-state index contributed by atoms with van der Waals surface area (Å²) in [6.45, 7) is 6.82. The Morgan fingerprint density at radius 1 is 1.17 bits per heavy atom. The summed E-state index contributed by atoms with van der Waals surface area (Å²) in [4.78, 5) is 32.2. The second-order valence-electron chi connectivity index (χ2n) is 7.77. The standard InChI is InChI=1S/C22H25N5O3/c1-13-11-27(12-14(2)30-13)22(29)17-7-5-6-8-19(17)24-21(28)16-9-18-15(3)25-26(4)20(18)23-10-16/h5-10,13-14H,11-12H2,1-4H3,(H,24,28)/t13-,14-/m1/s1. The van der Waals surface area contributed by atoms with Crippen molar-refractivity contribution in [2.75, 3.05) is 18.4 Å². The molecule has 1 aliphatic rings. The first-order valence-corrected chi connectivity index (χ1v) is 9.98. The highest BCUT2D eigenvalue weighted by Gasteiger charge is 2.28. The average molecular weight is 407 g/mol. The lowest BCUT2D eigenvalue weighted by atomic mass is 10.1. The summed E-state index contributed by atoms with van der Waals surface area (Å²) in [6, 6.07) is 8.83. The average Bonchev–Trinajstić information content (AvgIpc) is 3.00. The van der Waals surface area contributed by atoms with Crippen molar-refractivity contribution in [1.82, 2.24) is 19.7 Å². The van der Waals surface area contributed by atoms with Crippen molar-refractivity contribution in [3.8, 4) is 0 Å². The molecule has 2 aromatic heterocycles. The molecule has 0 bridgehead atoms. The van der Waals surface area contributed by atoms with Crippen LogP contribution in [0.2, 0.25) is 0 Å². The summed E-state index contributed by atoms with van der Waals surface area (Å²) in [5, 5.41) is 8.04. The first-order valence-electron chi connectivity index (χ1n) is 9.98. The molecule has 0 radical (unpaired) electrons. The summed E-state index contributed by atoms with van der Waals surface area (Å²) in [7, 11) is 1.82. The number of anilines is 1. The van der Waals surface area contributed by atoms with E-state index in [2.05, 4.69) is 15.4 Å². The van der Waals surface area contributed by atoms with Crippen LogP contribution in [0.25, 0.3) is 11.0 Å². The number of carbonyl (C=O) groups excluding carboxylic acids is 2. The third-order valence-electron chi connectivity index (χ3n) is 5.24. The zero-order valence-electron chi connectivity index (χ0n) is 17.5. The molecule has 0 aliphatic carbocycles. The number of hydrogen-bond acceptors (Lipinski definition) is 5. The van der Waals surface area contributed by atoms with Gasteiger partial charge in [0.2, 0.25) is 0 Å². The molecule has 1 aliphatic heterocycles. The van der Waals surface area contributed by atoms with Gasteiger partial charge in [-0.15, -0.1) is 0 Å². The number of hydrogen-bond donors (Lipinski definition) is 1. The lowest BCUT2D eigenvalue weighted by Gasteiger charge is -2.35. The molecule has 156 valence electrons. The largest absolute Gasteiger partial charge is 0.372 e. The molecule has 4 rings (SSSR count). The Labute approximate surface area is 174 Å². The number of ether oxygens (including phenoxy) is 1. The Bertz CT molecular complexity index is 1110. The van der Waals surface area contributed by atoms with Gasteiger partial charge in [-0.25, -0.2) is 4.98 Å². The van der Waals surface area contributed by atoms with Crippen molar-refractivity contribution >= 4 is 28.5 Å². The van der Waals surface area contributed by atoms with Crippen LogP contribution >= 0.6 is 0 Å². The number of nitrogens with one attached hydrogen (secondary N) is 1. The SMILES string of the molecule is Cc1nn(C)c2ncc(C(=O)Nc3ccccc3C(=O)N3C[C@@H](C)O[C@H](C)C3)cc12. The van der Waals surface area contributed by atoms with Gasteiger partial charge < -0.3 is 15.0 Å². The fraction of sp³-hybridized carbons (Fsp3) is 0.364. The van der Waals surface area contributed by atoms with Gasteiger partial charge in [0, 0.05) is 31.7 Å². The number of carbonyl (C=O) groups is 2. The molecule has 3 aromatic rings. The van der Waals surface area contributed by atoms with Crippen molar-refractivity contribution in [3.63, 3.8) is 0 Å². The number of aromatic nitrogens is 3. The van der Waals surface area contributed by atoms with Gasteiger partial charge in [0.05, 0.1) is 34.7 Å². The summed E-state index contributed by atoms with van der Waals surface area (Å²) in [5.41, 5.74) is 2.87. The topological polar surface area (TPSA) is 89.3 Å². The molecule has 0 unspecified atom stereocenters. The van der Waals surface area contributed by atoms with E-state index in [9.17, 15) is 9.59 Å². The molecule has 1 fully saturated rings. The first kappa shape index (κ1) is 20.0. The van der Waals surface area contributed by atoms with E-state index < -0.39 is 0 Å². The van der Waals surface area contributed by atoms with E-state index in [0.29, 0.717) is 29.9 Å². The first-order chi connectivity index (χ1) is 14.3. The van der Waals surface area contributed by atoms with Crippen LogP contribution in [-0.2, 0) is 11.8 Å². The lowest BCUT2D eigenvalue weighted by Crippen LogP contribution is -2.48. The molecular formula is C22H25N5O3. The van der Waals surface area contributed by atoms with Crippen molar-refractivity contribution in [3.05, 3.63) is 53.3 Å². The lowest BCUT2D eigenvalue weighted by molar-refractivity contribution is -0.0585. The smallest absolute Gasteiger partial charge is 0.257 e. The number of nitrogens with zero attached hydrogens (tertiary/aromatic N) is 4. The van der Waals surface area contributed by atoms with E-state index in [1.807, 2.05) is 27.8 Å². The van der Waals surface area contributed by atoms with E-state index in [-0.39, 0.29) is 24.0 Å². The van der Waals surface area contributed by atoms with Gasteiger partial charge >= 0.3 is 0 Å². The number of amides is 2. The van der Waals surface area contributed by atoms with E-state index in [1.54, 1.807) is 39.9 Å². The molecular weight excluding hydrogens is 382 g/mol. The number of aryl methyl sites for hydroxylation is 2.